The minimum Gasteiger partial charge on any atom is -0.374 e. The van der Waals surface area contributed by atoms with Gasteiger partial charge in [-0.05, 0) is 38.0 Å². The molecule has 0 fully saturated rings. The van der Waals surface area contributed by atoms with Gasteiger partial charge in [0.1, 0.15) is 0 Å². The van der Waals surface area contributed by atoms with Crippen LogP contribution in [0.4, 0.5) is 0 Å². The highest BCUT2D eigenvalue weighted by molar-refractivity contribution is 8.13. The van der Waals surface area contributed by atoms with E-state index in [-0.39, 0.29) is 11.0 Å². The van der Waals surface area contributed by atoms with E-state index < -0.39 is 9.05 Å². The molecule has 1 aromatic rings. The van der Waals surface area contributed by atoms with Gasteiger partial charge in [0.05, 0.1) is 17.6 Å². The fraction of sp³-hybridized carbons (Fsp3) is 0.455. The first kappa shape index (κ1) is 13.5. The van der Waals surface area contributed by atoms with Crippen molar-refractivity contribution in [1.29, 1.82) is 0 Å². The summed E-state index contributed by atoms with van der Waals surface area (Å²) in [5.74, 6) is 0. The summed E-state index contributed by atoms with van der Waals surface area (Å²) >= 11 is 0. The molecule has 0 aromatic heterocycles. The highest BCUT2D eigenvalue weighted by atomic mass is 35.7. The quantitative estimate of drug-likeness (QED) is 0.784. The molecule has 5 heteroatoms. The highest BCUT2D eigenvalue weighted by Gasteiger charge is 2.15. The zero-order valence-electron chi connectivity index (χ0n) is 9.53. The summed E-state index contributed by atoms with van der Waals surface area (Å²) in [5.41, 5.74) is 1.49. The molecular formula is C11H15ClO3S. The maximum atomic E-state index is 11.3. The van der Waals surface area contributed by atoms with E-state index in [9.17, 15) is 8.42 Å². The molecule has 16 heavy (non-hydrogen) atoms. The summed E-state index contributed by atoms with van der Waals surface area (Å²) in [6.45, 7) is 5.98. The number of hydrogen-bond donors (Lipinski definition) is 0. The van der Waals surface area contributed by atoms with Crippen LogP contribution >= 0.6 is 10.7 Å². The average molecular weight is 263 g/mol. The van der Waals surface area contributed by atoms with Gasteiger partial charge in [-0.15, -0.1) is 0 Å². The van der Waals surface area contributed by atoms with Crippen LogP contribution in [-0.2, 0) is 20.4 Å². The Morgan fingerprint density at radius 2 is 2.00 bits per heavy atom. The molecule has 0 unspecified atom stereocenters. The fourth-order valence-electron chi connectivity index (χ4n) is 1.34. The van der Waals surface area contributed by atoms with Gasteiger partial charge in [-0.3, -0.25) is 0 Å². The van der Waals surface area contributed by atoms with Gasteiger partial charge in [0.15, 0.2) is 0 Å². The van der Waals surface area contributed by atoms with Crippen molar-refractivity contribution in [2.75, 3.05) is 0 Å². The van der Waals surface area contributed by atoms with Gasteiger partial charge in [-0.1, -0.05) is 12.1 Å². The van der Waals surface area contributed by atoms with E-state index in [0.29, 0.717) is 12.2 Å². The molecule has 0 aliphatic carbocycles. The third-order valence-corrected chi connectivity index (χ3v) is 3.70. The molecule has 0 aliphatic heterocycles. The molecule has 0 atom stereocenters. The summed E-state index contributed by atoms with van der Waals surface area (Å²) in [4.78, 5) is 0.152. The van der Waals surface area contributed by atoms with E-state index >= 15 is 0 Å². The van der Waals surface area contributed by atoms with E-state index in [0.717, 1.165) is 5.56 Å². The van der Waals surface area contributed by atoms with Crippen LogP contribution in [0.15, 0.2) is 23.1 Å². The Morgan fingerprint density at radius 1 is 1.38 bits per heavy atom. The maximum absolute atomic E-state index is 11.3. The number of rotatable bonds is 4. The van der Waals surface area contributed by atoms with Crippen LogP contribution in [-0.4, -0.2) is 14.5 Å². The lowest BCUT2D eigenvalue weighted by atomic mass is 10.1. The summed E-state index contributed by atoms with van der Waals surface area (Å²) < 4.78 is 28.0. The van der Waals surface area contributed by atoms with E-state index in [1.165, 1.54) is 6.07 Å². The smallest absolute Gasteiger partial charge is 0.261 e. The number of benzene rings is 1. The van der Waals surface area contributed by atoms with Crippen molar-refractivity contribution in [2.24, 2.45) is 0 Å². The third-order valence-electron chi connectivity index (χ3n) is 2.23. The van der Waals surface area contributed by atoms with Crippen LogP contribution in [0.3, 0.4) is 0 Å². The molecule has 0 saturated heterocycles. The van der Waals surface area contributed by atoms with Gasteiger partial charge in [-0.25, -0.2) is 8.42 Å². The Morgan fingerprint density at radius 3 is 2.50 bits per heavy atom. The standard InChI is InChI=1S/C11H15ClO3S/c1-8(2)15-7-10-5-4-6-11(9(10)3)16(12,13)14/h4-6,8H,7H2,1-3H3. The zero-order valence-corrected chi connectivity index (χ0v) is 11.1. The average Bonchev–Trinajstić information content (AvgIpc) is 2.14. The molecule has 0 spiro atoms. The minimum atomic E-state index is -3.68. The summed E-state index contributed by atoms with van der Waals surface area (Å²) in [6, 6.07) is 5.00. The van der Waals surface area contributed by atoms with Crippen LogP contribution in [0.1, 0.15) is 25.0 Å². The van der Waals surface area contributed by atoms with Gasteiger partial charge in [0, 0.05) is 10.7 Å². The third kappa shape index (κ3) is 3.47. The van der Waals surface area contributed by atoms with E-state index in [2.05, 4.69) is 0 Å². The SMILES string of the molecule is Cc1c(COC(C)C)cccc1S(=O)(=O)Cl. The predicted molar refractivity (Wildman–Crippen MR) is 64.1 cm³/mol. The van der Waals surface area contributed by atoms with E-state index in [4.69, 9.17) is 15.4 Å². The van der Waals surface area contributed by atoms with Crippen molar-refractivity contribution < 1.29 is 13.2 Å². The van der Waals surface area contributed by atoms with Gasteiger partial charge < -0.3 is 4.74 Å². The van der Waals surface area contributed by atoms with Crippen LogP contribution in [0, 0.1) is 6.92 Å². The van der Waals surface area contributed by atoms with Gasteiger partial charge in [0.2, 0.25) is 0 Å². The van der Waals surface area contributed by atoms with Crippen molar-refractivity contribution in [1.82, 2.24) is 0 Å². The van der Waals surface area contributed by atoms with Crippen molar-refractivity contribution >= 4 is 19.7 Å². The normalized spacial score (nSPS) is 12.1. The van der Waals surface area contributed by atoms with Crippen molar-refractivity contribution in [2.45, 2.75) is 38.4 Å². The molecule has 0 radical (unpaired) electrons. The number of hydrogen-bond acceptors (Lipinski definition) is 3. The van der Waals surface area contributed by atoms with Crippen LogP contribution in [0.5, 0.6) is 0 Å². The van der Waals surface area contributed by atoms with Crippen LogP contribution in [0.2, 0.25) is 0 Å². The zero-order chi connectivity index (χ0) is 12.3. The molecule has 0 amide bonds. The molecule has 90 valence electrons. The van der Waals surface area contributed by atoms with E-state index in [1.807, 2.05) is 19.9 Å². The topological polar surface area (TPSA) is 43.4 Å². The first-order valence-corrected chi connectivity index (χ1v) is 7.28. The summed E-state index contributed by atoms with van der Waals surface area (Å²) in [6.07, 6.45) is 0.107. The molecule has 0 aliphatic rings. The van der Waals surface area contributed by atoms with Crippen molar-refractivity contribution in [3.8, 4) is 0 Å². The Hall–Kier alpha value is -0.580. The van der Waals surface area contributed by atoms with Crippen molar-refractivity contribution in [3.63, 3.8) is 0 Å². The summed E-state index contributed by atoms with van der Waals surface area (Å²) in [5, 5.41) is 0. The lowest BCUT2D eigenvalue weighted by Gasteiger charge is -2.11. The van der Waals surface area contributed by atoms with Gasteiger partial charge in [0.25, 0.3) is 9.05 Å². The molecule has 3 nitrogen and oxygen atoms in total. The second kappa shape index (κ2) is 5.17. The second-order valence-corrected chi connectivity index (χ2v) is 6.37. The Bertz CT molecular complexity index is 466. The monoisotopic (exact) mass is 262 g/mol. The molecule has 1 rings (SSSR count). The highest BCUT2D eigenvalue weighted by Crippen LogP contribution is 2.22. The first-order chi connectivity index (χ1) is 7.32. The molecule has 0 saturated carbocycles. The Balaban J connectivity index is 3.05. The Kier molecular flexibility index (Phi) is 4.35. The number of ether oxygens (including phenoxy) is 1. The maximum Gasteiger partial charge on any atom is 0.261 e. The Labute approximate surface area is 101 Å². The second-order valence-electron chi connectivity index (χ2n) is 3.84. The molecule has 1 aromatic carbocycles. The first-order valence-electron chi connectivity index (χ1n) is 4.97. The van der Waals surface area contributed by atoms with Crippen molar-refractivity contribution in [3.05, 3.63) is 29.3 Å². The molecule has 0 N–H and O–H groups in total. The van der Waals surface area contributed by atoms with Crippen LogP contribution < -0.4 is 0 Å². The summed E-state index contributed by atoms with van der Waals surface area (Å²) in [7, 11) is 1.65. The largest absolute Gasteiger partial charge is 0.374 e. The lowest BCUT2D eigenvalue weighted by molar-refractivity contribution is 0.0653. The minimum absolute atomic E-state index is 0.107. The fourth-order valence-corrected chi connectivity index (χ4v) is 2.58. The molecule has 0 heterocycles. The number of halogens is 1. The molecular weight excluding hydrogens is 248 g/mol. The molecule has 0 bridgehead atoms. The van der Waals surface area contributed by atoms with Gasteiger partial charge in [-0.2, -0.15) is 0 Å². The predicted octanol–water partition coefficient (Wildman–Crippen LogP) is 2.85. The lowest BCUT2D eigenvalue weighted by Crippen LogP contribution is -2.05. The van der Waals surface area contributed by atoms with E-state index in [1.54, 1.807) is 13.0 Å². The van der Waals surface area contributed by atoms with Gasteiger partial charge >= 0.3 is 0 Å². The van der Waals surface area contributed by atoms with Crippen LogP contribution in [0.25, 0.3) is 0 Å².